The van der Waals surface area contributed by atoms with Crippen LogP contribution in [0, 0.1) is 13.8 Å². The Bertz CT molecular complexity index is 827. The van der Waals surface area contributed by atoms with E-state index in [0.29, 0.717) is 29.1 Å². The third-order valence-electron chi connectivity index (χ3n) is 4.94. The van der Waals surface area contributed by atoms with Crippen LogP contribution in [-0.4, -0.2) is 46.0 Å². The second-order valence-electron chi connectivity index (χ2n) is 7.07. The fraction of sp³-hybridized carbons (Fsp3) is 0.500. The number of esters is 1. The molecular weight excluding hydrogens is 388 g/mol. The predicted molar refractivity (Wildman–Crippen MR) is 98.3 cm³/mol. The maximum Gasteiger partial charge on any atom is 0.344 e. The second-order valence-corrected chi connectivity index (χ2v) is 7.43. The fourth-order valence-electron chi connectivity index (χ4n) is 3.61. The average Bonchev–Trinajstić information content (AvgIpc) is 2.84. The van der Waals surface area contributed by atoms with Gasteiger partial charge >= 0.3 is 12.0 Å². The monoisotopic (exact) mass is 408 g/mol. The van der Waals surface area contributed by atoms with Crippen LogP contribution in [0.3, 0.4) is 0 Å². The van der Waals surface area contributed by atoms with E-state index in [-0.39, 0.29) is 10.7 Å². The molecule has 1 saturated carbocycles. The molecular formula is C18H21ClN4O5. The molecule has 1 aromatic heterocycles. The maximum atomic E-state index is 12.6. The molecule has 0 radical (unpaired) electrons. The molecule has 1 aliphatic heterocycles. The summed E-state index contributed by atoms with van der Waals surface area (Å²) in [7, 11) is 0. The number of nitrogens with one attached hydrogen (secondary N) is 2. The average molecular weight is 409 g/mol. The van der Waals surface area contributed by atoms with Crippen molar-refractivity contribution in [3.8, 4) is 0 Å². The number of rotatable bonds is 4. The lowest BCUT2D eigenvalue weighted by molar-refractivity contribution is -0.140. The molecule has 0 atom stereocenters. The number of aryl methyl sites for hydroxylation is 2. The van der Waals surface area contributed by atoms with Crippen molar-refractivity contribution in [1.29, 1.82) is 0 Å². The van der Waals surface area contributed by atoms with Gasteiger partial charge in [-0.25, -0.2) is 14.6 Å². The van der Waals surface area contributed by atoms with Gasteiger partial charge < -0.3 is 10.1 Å². The Kier molecular flexibility index (Phi) is 5.55. The number of pyridine rings is 1. The number of aromatic nitrogens is 1. The molecule has 2 fully saturated rings. The van der Waals surface area contributed by atoms with E-state index in [1.54, 1.807) is 19.9 Å². The van der Waals surface area contributed by atoms with Crippen molar-refractivity contribution in [2.24, 2.45) is 0 Å². The van der Waals surface area contributed by atoms with Crippen molar-refractivity contribution in [2.45, 2.75) is 51.5 Å². The SMILES string of the molecule is Cc1cc(C)c(C(=O)OCC(=O)NN2C(=O)NC3(CCCCC3)C2=O)c(Cl)n1. The van der Waals surface area contributed by atoms with Crippen LogP contribution in [0.5, 0.6) is 0 Å². The lowest BCUT2D eigenvalue weighted by Gasteiger charge is -2.30. The van der Waals surface area contributed by atoms with E-state index in [4.69, 9.17) is 16.3 Å². The molecule has 150 valence electrons. The summed E-state index contributed by atoms with van der Waals surface area (Å²) < 4.78 is 4.96. The van der Waals surface area contributed by atoms with Gasteiger partial charge in [-0.05, 0) is 38.3 Å². The van der Waals surface area contributed by atoms with Crippen LogP contribution >= 0.6 is 11.6 Å². The summed E-state index contributed by atoms with van der Waals surface area (Å²) in [6, 6.07) is 0.979. The van der Waals surface area contributed by atoms with E-state index >= 15 is 0 Å². The highest BCUT2D eigenvalue weighted by atomic mass is 35.5. The summed E-state index contributed by atoms with van der Waals surface area (Å²) in [6.07, 6.45) is 3.74. The maximum absolute atomic E-state index is 12.6. The van der Waals surface area contributed by atoms with Crippen LogP contribution in [0.4, 0.5) is 4.79 Å². The lowest BCUT2D eigenvalue weighted by Crippen LogP contribution is -2.51. The normalized spacial score (nSPS) is 18.2. The highest BCUT2D eigenvalue weighted by Crippen LogP contribution is 2.33. The van der Waals surface area contributed by atoms with Gasteiger partial charge in [0.15, 0.2) is 6.61 Å². The van der Waals surface area contributed by atoms with E-state index in [9.17, 15) is 19.2 Å². The quantitative estimate of drug-likeness (QED) is 0.445. The van der Waals surface area contributed by atoms with Crippen molar-refractivity contribution >= 4 is 35.4 Å². The summed E-state index contributed by atoms with van der Waals surface area (Å²) in [6.45, 7) is 2.74. The minimum absolute atomic E-state index is 0.0174. The Balaban J connectivity index is 1.60. The Labute approximate surface area is 166 Å². The van der Waals surface area contributed by atoms with E-state index < -0.39 is 36.0 Å². The zero-order valence-electron chi connectivity index (χ0n) is 15.6. The van der Waals surface area contributed by atoms with Crippen LogP contribution in [0.25, 0.3) is 0 Å². The van der Waals surface area contributed by atoms with Crippen LogP contribution < -0.4 is 10.7 Å². The number of carbonyl (C=O) groups excluding carboxylic acids is 4. The number of hydrazine groups is 1. The molecule has 1 spiro atoms. The Morgan fingerprint density at radius 1 is 1.29 bits per heavy atom. The number of hydrogen-bond donors (Lipinski definition) is 2. The lowest BCUT2D eigenvalue weighted by atomic mass is 9.82. The van der Waals surface area contributed by atoms with E-state index in [0.717, 1.165) is 19.3 Å². The molecule has 0 unspecified atom stereocenters. The van der Waals surface area contributed by atoms with Crippen molar-refractivity contribution in [3.05, 3.63) is 28.0 Å². The summed E-state index contributed by atoms with van der Waals surface area (Å²) in [4.78, 5) is 53.0. The first kappa shape index (κ1) is 20.1. The third-order valence-corrected chi connectivity index (χ3v) is 5.22. The first-order valence-corrected chi connectivity index (χ1v) is 9.38. The molecule has 9 nitrogen and oxygen atoms in total. The Morgan fingerprint density at radius 3 is 2.61 bits per heavy atom. The summed E-state index contributed by atoms with van der Waals surface area (Å²) in [5.74, 6) is -2.11. The van der Waals surface area contributed by atoms with E-state index in [1.165, 1.54) is 0 Å². The Morgan fingerprint density at radius 2 is 1.96 bits per heavy atom. The number of nitrogens with zero attached hydrogens (tertiary/aromatic N) is 2. The van der Waals surface area contributed by atoms with E-state index in [1.807, 2.05) is 0 Å². The van der Waals surface area contributed by atoms with Crippen molar-refractivity contribution in [2.75, 3.05) is 6.61 Å². The highest BCUT2D eigenvalue weighted by Gasteiger charge is 2.52. The summed E-state index contributed by atoms with van der Waals surface area (Å²) >= 11 is 5.98. The predicted octanol–water partition coefficient (Wildman–Crippen LogP) is 1.79. The van der Waals surface area contributed by atoms with Crippen molar-refractivity contribution in [3.63, 3.8) is 0 Å². The fourth-order valence-corrected chi connectivity index (χ4v) is 3.97. The molecule has 4 amide bonds. The molecule has 28 heavy (non-hydrogen) atoms. The topological polar surface area (TPSA) is 118 Å². The largest absolute Gasteiger partial charge is 0.452 e. The molecule has 10 heteroatoms. The van der Waals surface area contributed by atoms with Gasteiger partial charge in [0, 0.05) is 5.69 Å². The number of ether oxygens (including phenoxy) is 1. The second kappa shape index (κ2) is 7.75. The van der Waals surface area contributed by atoms with E-state index in [2.05, 4.69) is 15.7 Å². The number of amides is 4. The molecule has 1 aromatic rings. The number of hydrogen-bond acceptors (Lipinski definition) is 6. The van der Waals surface area contributed by atoms with Gasteiger partial charge in [-0.2, -0.15) is 5.01 Å². The minimum Gasteiger partial charge on any atom is -0.452 e. The molecule has 0 aromatic carbocycles. The molecule has 1 saturated heterocycles. The van der Waals surface area contributed by atoms with Gasteiger partial charge in [0.2, 0.25) is 0 Å². The molecule has 2 heterocycles. The molecule has 1 aliphatic carbocycles. The van der Waals surface area contributed by atoms with Crippen LogP contribution in [-0.2, 0) is 14.3 Å². The van der Waals surface area contributed by atoms with Crippen LogP contribution in [0.15, 0.2) is 6.07 Å². The zero-order chi connectivity index (χ0) is 20.5. The first-order valence-electron chi connectivity index (χ1n) is 9.00. The highest BCUT2D eigenvalue weighted by molar-refractivity contribution is 6.32. The van der Waals surface area contributed by atoms with Gasteiger partial charge in [-0.1, -0.05) is 30.9 Å². The standard InChI is InChI=1S/C18H21ClN4O5/c1-10-8-11(2)20-14(19)13(10)15(25)28-9-12(24)22-23-16(26)18(21-17(23)27)6-4-3-5-7-18/h8H,3-7,9H2,1-2H3,(H,21,27)(H,22,24). The number of urea groups is 1. The molecule has 2 aliphatic rings. The van der Waals surface area contributed by atoms with Gasteiger partial charge in [-0.3, -0.25) is 15.0 Å². The smallest absolute Gasteiger partial charge is 0.344 e. The number of imide groups is 1. The molecule has 2 N–H and O–H groups in total. The van der Waals surface area contributed by atoms with Gasteiger partial charge in [0.1, 0.15) is 10.7 Å². The van der Waals surface area contributed by atoms with Gasteiger partial charge in [-0.15, -0.1) is 0 Å². The van der Waals surface area contributed by atoms with Crippen LogP contribution in [0.1, 0.15) is 53.7 Å². The number of carbonyl (C=O) groups is 4. The van der Waals surface area contributed by atoms with Gasteiger partial charge in [0.25, 0.3) is 11.8 Å². The van der Waals surface area contributed by atoms with Crippen LogP contribution in [0.2, 0.25) is 5.15 Å². The first-order chi connectivity index (χ1) is 13.2. The summed E-state index contributed by atoms with van der Waals surface area (Å²) in [5, 5.41) is 3.32. The molecule has 0 bridgehead atoms. The van der Waals surface area contributed by atoms with Crippen molar-refractivity contribution in [1.82, 2.24) is 20.7 Å². The number of halogens is 1. The minimum atomic E-state index is -0.947. The Hall–Kier alpha value is -2.68. The summed E-state index contributed by atoms with van der Waals surface area (Å²) in [5.41, 5.74) is 2.53. The van der Waals surface area contributed by atoms with Gasteiger partial charge in [0.05, 0.1) is 5.56 Å². The third kappa shape index (κ3) is 3.80. The van der Waals surface area contributed by atoms with Crippen molar-refractivity contribution < 1.29 is 23.9 Å². The molecule has 3 rings (SSSR count). The zero-order valence-corrected chi connectivity index (χ0v) is 16.4.